The number of hydrogen-bond acceptors (Lipinski definition) is 6. The molecule has 34 heavy (non-hydrogen) atoms. The number of amides is 4. The number of ether oxygens (including phenoxy) is 1. The number of nitrogens with one attached hydrogen (secondary N) is 2. The topological polar surface area (TPSA) is 131 Å². The maximum absolute atomic E-state index is 13.8. The minimum atomic E-state index is -1.46. The number of hydrogen-bond donors (Lipinski definition) is 3. The zero-order valence-corrected chi connectivity index (χ0v) is 19.2. The number of likely N-dealkylation sites (tertiary alicyclic amines) is 1. The molecule has 0 radical (unpaired) electrons. The van der Waals surface area contributed by atoms with Crippen molar-refractivity contribution in [3.63, 3.8) is 0 Å². The first-order chi connectivity index (χ1) is 16.2. The zero-order chi connectivity index (χ0) is 24.4. The Balaban J connectivity index is 1.63. The molecule has 2 aromatic rings. The van der Waals surface area contributed by atoms with E-state index in [1.807, 2.05) is 26.0 Å². The third-order valence-electron chi connectivity index (χ3n) is 7.20. The molecule has 0 aromatic heterocycles. The Morgan fingerprint density at radius 2 is 1.88 bits per heavy atom. The molecular formula is C25H26N4O5. The first kappa shape index (κ1) is 22.1. The molecule has 2 fully saturated rings. The van der Waals surface area contributed by atoms with Crippen molar-refractivity contribution in [2.45, 2.75) is 38.4 Å². The van der Waals surface area contributed by atoms with Crippen LogP contribution in [0.15, 0.2) is 36.4 Å². The highest BCUT2D eigenvalue weighted by Gasteiger charge is 2.70. The molecule has 0 aliphatic carbocycles. The number of imide groups is 1. The molecule has 3 aliphatic heterocycles. The van der Waals surface area contributed by atoms with E-state index in [0.29, 0.717) is 22.6 Å². The molecule has 3 heterocycles. The maximum atomic E-state index is 13.8. The monoisotopic (exact) mass is 462 g/mol. The van der Waals surface area contributed by atoms with E-state index in [0.717, 1.165) is 11.1 Å². The number of anilines is 1. The summed E-state index contributed by atoms with van der Waals surface area (Å²) in [5, 5.41) is 6.13. The van der Waals surface area contributed by atoms with Crippen LogP contribution in [0.5, 0.6) is 5.75 Å². The van der Waals surface area contributed by atoms with Crippen LogP contribution in [0.1, 0.15) is 28.7 Å². The molecule has 0 unspecified atom stereocenters. The van der Waals surface area contributed by atoms with Crippen molar-refractivity contribution in [1.29, 1.82) is 0 Å². The number of primary amides is 1. The summed E-state index contributed by atoms with van der Waals surface area (Å²) in [6.07, 6.45) is -0.169. The van der Waals surface area contributed by atoms with Gasteiger partial charge < -0.3 is 15.8 Å². The first-order valence-electron chi connectivity index (χ1n) is 11.1. The van der Waals surface area contributed by atoms with E-state index in [2.05, 4.69) is 10.6 Å². The second kappa shape index (κ2) is 7.66. The average Bonchev–Trinajstić information content (AvgIpc) is 3.35. The number of fused-ring (bicyclic) bond motifs is 4. The highest BCUT2D eigenvalue weighted by Crippen LogP contribution is 2.54. The normalized spacial score (nSPS) is 27.2. The molecule has 4 N–H and O–H groups in total. The number of nitrogens with two attached hydrogens (primary N) is 1. The first-order valence-corrected chi connectivity index (χ1v) is 11.1. The van der Waals surface area contributed by atoms with Crippen LogP contribution in [0.3, 0.4) is 0 Å². The molecule has 9 heteroatoms. The molecular weight excluding hydrogens is 436 g/mol. The van der Waals surface area contributed by atoms with Gasteiger partial charge in [-0.05, 0) is 25.5 Å². The minimum Gasteiger partial charge on any atom is -0.496 e. The molecule has 176 valence electrons. The van der Waals surface area contributed by atoms with Gasteiger partial charge in [0.2, 0.25) is 23.6 Å². The smallest absolute Gasteiger partial charge is 0.250 e. The van der Waals surface area contributed by atoms with E-state index in [9.17, 15) is 19.2 Å². The molecule has 9 nitrogen and oxygen atoms in total. The van der Waals surface area contributed by atoms with E-state index in [1.165, 1.54) is 12.0 Å². The molecule has 2 saturated heterocycles. The van der Waals surface area contributed by atoms with Gasteiger partial charge in [0, 0.05) is 29.3 Å². The van der Waals surface area contributed by atoms with E-state index in [-0.39, 0.29) is 13.0 Å². The fourth-order valence-corrected chi connectivity index (χ4v) is 5.87. The summed E-state index contributed by atoms with van der Waals surface area (Å²) < 4.78 is 5.39. The van der Waals surface area contributed by atoms with Gasteiger partial charge in [0.25, 0.3) is 0 Å². The second-order valence-corrected chi connectivity index (χ2v) is 9.27. The number of benzene rings is 2. The van der Waals surface area contributed by atoms with Crippen LogP contribution in [0.4, 0.5) is 5.69 Å². The Kier molecular flexibility index (Phi) is 4.98. The number of rotatable bonds is 5. The van der Waals surface area contributed by atoms with Crippen molar-refractivity contribution in [3.05, 3.63) is 58.7 Å². The van der Waals surface area contributed by atoms with E-state index < -0.39 is 47.0 Å². The van der Waals surface area contributed by atoms with Crippen LogP contribution in [0.2, 0.25) is 0 Å². The van der Waals surface area contributed by atoms with E-state index in [4.69, 9.17) is 10.5 Å². The van der Waals surface area contributed by atoms with Crippen LogP contribution in [-0.2, 0) is 31.3 Å². The number of para-hydroxylation sites is 1. The van der Waals surface area contributed by atoms with Crippen molar-refractivity contribution >= 4 is 29.3 Å². The number of nitrogens with zero attached hydrogens (tertiary/aromatic N) is 1. The Hall–Kier alpha value is -3.72. The van der Waals surface area contributed by atoms with E-state index in [1.54, 1.807) is 24.3 Å². The van der Waals surface area contributed by atoms with Crippen molar-refractivity contribution in [2.24, 2.45) is 17.6 Å². The summed E-state index contributed by atoms with van der Waals surface area (Å²) >= 11 is 0. The second-order valence-electron chi connectivity index (χ2n) is 9.27. The fraction of sp³-hybridized carbons (Fsp3) is 0.360. The number of methoxy groups -OCH3 is 1. The van der Waals surface area contributed by atoms with Crippen LogP contribution in [0, 0.1) is 25.7 Å². The molecule has 1 spiro atoms. The minimum absolute atomic E-state index is 0.00930. The lowest BCUT2D eigenvalue weighted by molar-refractivity contribution is -0.143. The highest BCUT2D eigenvalue weighted by molar-refractivity contribution is 6.15. The Bertz CT molecular complexity index is 1260. The van der Waals surface area contributed by atoms with Gasteiger partial charge in [0.1, 0.15) is 11.3 Å². The van der Waals surface area contributed by atoms with Gasteiger partial charge in [0.05, 0.1) is 25.5 Å². The summed E-state index contributed by atoms with van der Waals surface area (Å²) in [4.78, 5) is 54.1. The molecule has 0 bridgehead atoms. The number of carbonyl (C=O) groups excluding carboxylic acids is 4. The van der Waals surface area contributed by atoms with Crippen molar-refractivity contribution in [2.75, 3.05) is 12.4 Å². The Morgan fingerprint density at radius 1 is 1.15 bits per heavy atom. The van der Waals surface area contributed by atoms with Gasteiger partial charge in [-0.3, -0.25) is 29.4 Å². The van der Waals surface area contributed by atoms with Crippen LogP contribution in [-0.4, -0.2) is 41.7 Å². The SMILES string of the molecule is COc1ccccc1CN1C(=O)[C@@H]2[C@H](CC(N)=O)N[C@]3(C(=O)Nc4c(C)cc(C)cc43)[C@@H]2C1=O. The van der Waals surface area contributed by atoms with Crippen LogP contribution < -0.4 is 21.1 Å². The predicted molar refractivity (Wildman–Crippen MR) is 122 cm³/mol. The summed E-state index contributed by atoms with van der Waals surface area (Å²) in [5.74, 6) is -3.25. The van der Waals surface area contributed by atoms with Gasteiger partial charge >= 0.3 is 0 Å². The lowest BCUT2D eigenvalue weighted by atomic mass is 9.76. The summed E-state index contributed by atoms with van der Waals surface area (Å²) in [6.45, 7) is 3.80. The van der Waals surface area contributed by atoms with Crippen LogP contribution in [0.25, 0.3) is 0 Å². The largest absolute Gasteiger partial charge is 0.496 e. The Labute approximate surface area is 196 Å². The van der Waals surface area contributed by atoms with Gasteiger partial charge in [-0.25, -0.2) is 0 Å². The molecule has 5 rings (SSSR count). The zero-order valence-electron chi connectivity index (χ0n) is 19.2. The fourth-order valence-electron chi connectivity index (χ4n) is 5.87. The molecule has 2 aromatic carbocycles. The van der Waals surface area contributed by atoms with Gasteiger partial charge in [-0.15, -0.1) is 0 Å². The molecule has 0 saturated carbocycles. The summed E-state index contributed by atoms with van der Waals surface area (Å²) in [5.41, 5.74) is 7.74. The van der Waals surface area contributed by atoms with Gasteiger partial charge in [0.15, 0.2) is 0 Å². The van der Waals surface area contributed by atoms with E-state index >= 15 is 0 Å². The summed E-state index contributed by atoms with van der Waals surface area (Å²) in [7, 11) is 1.52. The standard InChI is InChI=1S/C25H26N4O5/c1-12-8-13(2)21-15(9-12)25(24(33)27-21)20-19(16(28-25)10-18(26)30)22(31)29(23(20)32)11-14-6-4-5-7-17(14)34-3/h4-9,16,19-20,28H,10-11H2,1-3H3,(H2,26,30)(H,27,33)/t16-,19+,20-,25-/m0/s1. The third-order valence-corrected chi connectivity index (χ3v) is 7.20. The highest BCUT2D eigenvalue weighted by atomic mass is 16.5. The number of aryl methyl sites for hydroxylation is 2. The average molecular weight is 463 g/mol. The molecule has 4 amide bonds. The molecule has 4 atom stereocenters. The van der Waals surface area contributed by atoms with Gasteiger partial charge in [-0.2, -0.15) is 0 Å². The van der Waals surface area contributed by atoms with Crippen LogP contribution >= 0.6 is 0 Å². The number of carbonyl (C=O) groups is 4. The van der Waals surface area contributed by atoms with Crippen molar-refractivity contribution in [1.82, 2.24) is 10.2 Å². The van der Waals surface area contributed by atoms with Crippen molar-refractivity contribution in [3.8, 4) is 5.75 Å². The van der Waals surface area contributed by atoms with Crippen molar-refractivity contribution < 1.29 is 23.9 Å². The summed E-state index contributed by atoms with van der Waals surface area (Å²) in [6, 6.07) is 10.2. The van der Waals surface area contributed by atoms with Gasteiger partial charge in [-0.1, -0.05) is 35.9 Å². The maximum Gasteiger partial charge on any atom is 0.250 e. The third kappa shape index (κ3) is 2.96. The molecule has 3 aliphatic rings. The lowest BCUT2D eigenvalue weighted by Gasteiger charge is -2.29. The predicted octanol–water partition coefficient (Wildman–Crippen LogP) is 1.11. The Morgan fingerprint density at radius 3 is 2.59 bits per heavy atom. The quantitative estimate of drug-likeness (QED) is 0.571. The lowest BCUT2D eigenvalue weighted by Crippen LogP contribution is -2.53.